The molecule has 0 fully saturated rings. The maximum absolute atomic E-state index is 12.1. The van der Waals surface area contributed by atoms with Crippen LogP contribution in [0.5, 0.6) is 0 Å². The zero-order valence-corrected chi connectivity index (χ0v) is 12.5. The van der Waals surface area contributed by atoms with E-state index in [0.717, 1.165) is 22.4 Å². The van der Waals surface area contributed by atoms with Crippen LogP contribution >= 0.6 is 0 Å². The highest BCUT2D eigenvalue weighted by Crippen LogP contribution is 2.29. The Morgan fingerprint density at radius 2 is 1.45 bits per heavy atom. The summed E-state index contributed by atoms with van der Waals surface area (Å²) in [6, 6.07) is 15.3. The van der Waals surface area contributed by atoms with Crippen molar-refractivity contribution in [2.75, 3.05) is 5.32 Å². The largest absolute Gasteiger partial charge is 0.870 e. The Bertz CT molecular complexity index is 781. The van der Waals surface area contributed by atoms with E-state index in [1.54, 1.807) is 6.08 Å². The number of rotatable bonds is 3. The van der Waals surface area contributed by atoms with Gasteiger partial charge in [0.15, 0.2) is 0 Å². The molecular weight excluding hydrogens is 274 g/mol. The summed E-state index contributed by atoms with van der Waals surface area (Å²) in [7, 11) is 0. The van der Waals surface area contributed by atoms with Crippen LogP contribution in [-0.2, 0) is 4.79 Å². The lowest BCUT2D eigenvalue weighted by atomic mass is 9.91. The van der Waals surface area contributed by atoms with Gasteiger partial charge in [-0.25, -0.2) is 0 Å². The van der Waals surface area contributed by atoms with Crippen molar-refractivity contribution >= 4 is 17.5 Å². The van der Waals surface area contributed by atoms with Crippen molar-refractivity contribution in [3.05, 3.63) is 82.3 Å². The predicted octanol–water partition coefficient (Wildman–Crippen LogP) is 2.95. The number of allylic oxidation sites excluding steroid dienone is 2. The Hall–Kier alpha value is -2.81. The predicted molar refractivity (Wildman–Crippen MR) is 86.0 cm³/mol. The monoisotopic (exact) mass is 290 g/mol. The molecule has 0 heterocycles. The van der Waals surface area contributed by atoms with Gasteiger partial charge in [0, 0.05) is 11.3 Å². The molecule has 3 rings (SSSR count). The molecule has 0 aliphatic heterocycles. The molecule has 2 aromatic rings. The van der Waals surface area contributed by atoms with Gasteiger partial charge in [-0.3, -0.25) is 4.79 Å². The van der Waals surface area contributed by atoms with Crippen LogP contribution in [0.15, 0.2) is 65.6 Å². The van der Waals surface area contributed by atoms with E-state index < -0.39 is 0 Å². The molecule has 1 aliphatic carbocycles. The molecule has 0 aromatic heterocycles. The van der Waals surface area contributed by atoms with Crippen molar-refractivity contribution in [1.82, 2.24) is 0 Å². The third kappa shape index (κ3) is 2.66. The Labute approximate surface area is 129 Å². The molecule has 0 radical (unpaired) electrons. The molecular formula is C19H16NO2-. The number of hydrogen-bond donors (Lipinski definition) is 1. The van der Waals surface area contributed by atoms with Gasteiger partial charge in [0.1, 0.15) is 0 Å². The SMILES string of the molecule is Cc1ccc(C=C2C(=O)C(Nc3ccc(C)cc3)=C2[O-])cc1. The van der Waals surface area contributed by atoms with E-state index in [0.29, 0.717) is 0 Å². The highest BCUT2D eigenvalue weighted by Gasteiger charge is 2.27. The lowest BCUT2D eigenvalue weighted by molar-refractivity contribution is -0.300. The molecule has 0 saturated carbocycles. The molecule has 3 heteroatoms. The number of hydrogen-bond acceptors (Lipinski definition) is 3. The summed E-state index contributed by atoms with van der Waals surface area (Å²) < 4.78 is 0. The molecule has 1 aliphatic rings. The first-order chi connectivity index (χ1) is 10.5. The van der Waals surface area contributed by atoms with Crippen molar-refractivity contribution in [2.24, 2.45) is 0 Å². The van der Waals surface area contributed by atoms with Gasteiger partial charge in [-0.15, -0.1) is 0 Å². The first-order valence-electron chi connectivity index (χ1n) is 7.13. The fraction of sp³-hybridized carbons (Fsp3) is 0.105. The van der Waals surface area contributed by atoms with Crippen molar-refractivity contribution in [1.29, 1.82) is 0 Å². The van der Waals surface area contributed by atoms with Crippen LogP contribution in [0.4, 0.5) is 5.69 Å². The van der Waals surface area contributed by atoms with Gasteiger partial charge in [0.25, 0.3) is 0 Å². The van der Waals surface area contributed by atoms with Gasteiger partial charge >= 0.3 is 0 Å². The van der Waals surface area contributed by atoms with Gasteiger partial charge in [-0.2, -0.15) is 0 Å². The number of nitrogens with one attached hydrogen (secondary N) is 1. The molecule has 0 bridgehead atoms. The van der Waals surface area contributed by atoms with Crippen molar-refractivity contribution in [3.8, 4) is 0 Å². The Balaban J connectivity index is 1.82. The fourth-order valence-electron chi connectivity index (χ4n) is 2.27. The van der Waals surface area contributed by atoms with Gasteiger partial charge < -0.3 is 10.4 Å². The number of aryl methyl sites for hydroxylation is 2. The third-order valence-electron chi connectivity index (χ3n) is 3.65. The number of benzene rings is 2. The van der Waals surface area contributed by atoms with Gasteiger partial charge in [-0.05, 0) is 37.6 Å². The quantitative estimate of drug-likeness (QED) is 0.884. The second-order valence-corrected chi connectivity index (χ2v) is 5.49. The Kier molecular flexibility index (Phi) is 3.55. The van der Waals surface area contributed by atoms with E-state index in [9.17, 15) is 9.90 Å². The number of carbonyl (C=O) groups excluding carboxylic acids is 1. The maximum atomic E-state index is 12.1. The summed E-state index contributed by atoms with van der Waals surface area (Å²) >= 11 is 0. The standard InChI is InChI=1S/C19H17NO2/c1-12-3-7-14(8-4-12)11-16-18(21)17(19(16)22)20-15-9-5-13(2)6-10-15/h3-11,20-21H,1-2H3/p-1. The van der Waals surface area contributed by atoms with Gasteiger partial charge in [-0.1, -0.05) is 53.3 Å². The lowest BCUT2D eigenvalue weighted by Gasteiger charge is -2.31. The maximum Gasteiger partial charge on any atom is 0.208 e. The van der Waals surface area contributed by atoms with E-state index in [1.807, 2.05) is 62.4 Å². The van der Waals surface area contributed by atoms with Crippen molar-refractivity contribution in [2.45, 2.75) is 13.8 Å². The summed E-state index contributed by atoms with van der Waals surface area (Å²) in [4.78, 5) is 12.1. The summed E-state index contributed by atoms with van der Waals surface area (Å²) in [5.41, 5.74) is 4.25. The Morgan fingerprint density at radius 1 is 0.909 bits per heavy atom. The number of ketones is 1. The average Bonchev–Trinajstić information content (AvgIpc) is 2.53. The molecule has 0 unspecified atom stereocenters. The van der Waals surface area contributed by atoms with E-state index in [1.165, 1.54) is 0 Å². The van der Waals surface area contributed by atoms with Crippen LogP contribution in [0, 0.1) is 13.8 Å². The van der Waals surface area contributed by atoms with Crippen LogP contribution in [0.3, 0.4) is 0 Å². The molecule has 0 amide bonds. The lowest BCUT2D eigenvalue weighted by Crippen LogP contribution is -2.33. The number of carbonyl (C=O) groups is 1. The summed E-state index contributed by atoms with van der Waals surface area (Å²) in [5.74, 6) is -0.461. The average molecular weight is 290 g/mol. The topological polar surface area (TPSA) is 52.2 Å². The van der Waals surface area contributed by atoms with E-state index in [2.05, 4.69) is 5.32 Å². The molecule has 0 atom stereocenters. The molecule has 110 valence electrons. The van der Waals surface area contributed by atoms with Crippen LogP contribution in [-0.4, -0.2) is 5.78 Å². The minimum Gasteiger partial charge on any atom is -0.870 e. The fourth-order valence-corrected chi connectivity index (χ4v) is 2.27. The van der Waals surface area contributed by atoms with E-state index in [-0.39, 0.29) is 22.8 Å². The van der Waals surface area contributed by atoms with Gasteiger partial charge in [0.2, 0.25) is 5.78 Å². The van der Waals surface area contributed by atoms with Crippen LogP contribution < -0.4 is 10.4 Å². The smallest absolute Gasteiger partial charge is 0.208 e. The molecule has 3 nitrogen and oxygen atoms in total. The molecule has 0 saturated heterocycles. The first-order valence-corrected chi connectivity index (χ1v) is 7.13. The minimum atomic E-state index is -0.230. The summed E-state index contributed by atoms with van der Waals surface area (Å²) in [6.45, 7) is 3.98. The number of Topliss-reactive ketones (excluding diaryl/α,β-unsaturated/α-hetero) is 1. The summed E-state index contributed by atoms with van der Waals surface area (Å²) in [5, 5.41) is 15.0. The zero-order valence-electron chi connectivity index (χ0n) is 12.5. The molecule has 0 spiro atoms. The summed E-state index contributed by atoms with van der Waals surface area (Å²) in [6.07, 6.45) is 1.64. The Morgan fingerprint density at radius 3 is 2.00 bits per heavy atom. The molecule has 1 N–H and O–H groups in total. The first kappa shape index (κ1) is 14.1. The van der Waals surface area contributed by atoms with Crippen molar-refractivity contribution < 1.29 is 9.90 Å². The van der Waals surface area contributed by atoms with Gasteiger partial charge in [0.05, 0.1) is 5.70 Å². The minimum absolute atomic E-state index is 0.141. The van der Waals surface area contributed by atoms with Crippen molar-refractivity contribution in [3.63, 3.8) is 0 Å². The number of anilines is 1. The highest BCUT2D eigenvalue weighted by molar-refractivity contribution is 6.22. The highest BCUT2D eigenvalue weighted by atomic mass is 16.3. The van der Waals surface area contributed by atoms with Crippen LogP contribution in [0.25, 0.3) is 6.08 Å². The zero-order chi connectivity index (χ0) is 15.7. The van der Waals surface area contributed by atoms with Crippen LogP contribution in [0.2, 0.25) is 0 Å². The second-order valence-electron chi connectivity index (χ2n) is 5.49. The normalized spacial score (nSPS) is 15.9. The van der Waals surface area contributed by atoms with E-state index in [4.69, 9.17) is 0 Å². The molecule has 22 heavy (non-hydrogen) atoms. The van der Waals surface area contributed by atoms with E-state index >= 15 is 0 Å². The van der Waals surface area contributed by atoms with Crippen LogP contribution in [0.1, 0.15) is 16.7 Å². The molecule has 2 aromatic carbocycles. The third-order valence-corrected chi connectivity index (χ3v) is 3.65. The second kappa shape index (κ2) is 5.53.